The molecule has 6 rings (SSSR count). The summed E-state index contributed by atoms with van der Waals surface area (Å²) in [5, 5.41) is 69.8. The number of hydrazone groups is 1. The second-order valence-electron chi connectivity index (χ2n) is 15.6. The molecular weight excluding hydrogens is 752 g/mol. The third kappa shape index (κ3) is 8.51. The summed E-state index contributed by atoms with van der Waals surface area (Å²) in [5.74, 6) is -8.36. The van der Waals surface area contributed by atoms with E-state index in [0.717, 1.165) is 0 Å². The number of hydrogen-bond acceptors (Lipinski definition) is 15. The monoisotopic (exact) mass is 808 g/mol. The van der Waals surface area contributed by atoms with Gasteiger partial charge in [-0.2, -0.15) is 5.10 Å². The van der Waals surface area contributed by atoms with Crippen molar-refractivity contribution in [1.29, 1.82) is 0 Å². The Bertz CT molecular complexity index is 2040. The SMILES string of the molecule is CO[C@H]1C=CO[C@@]2(C)Oc3c(C)c(O)c4c(O)c(c(/C=N/N5CCNCC5)c(O)c4c3C2=O)NC(=O)/C(C)=C\C=C/[C@H](C)[C@H](O)[C@@H](C)[C@@H](O)[C@@H](C)[C@H](OC(C)=O)[C@@H]1C. The third-order valence-corrected chi connectivity index (χ3v) is 11.5. The van der Waals surface area contributed by atoms with Crippen LogP contribution in [0.15, 0.2) is 41.2 Å². The number of fused-ring (bicyclic) bond motifs is 14. The first-order valence-corrected chi connectivity index (χ1v) is 19.4. The highest BCUT2D eigenvalue weighted by Gasteiger charge is 2.50. The van der Waals surface area contributed by atoms with Crippen LogP contribution in [0.1, 0.15) is 70.0 Å². The first-order valence-electron chi connectivity index (χ1n) is 19.4. The van der Waals surface area contributed by atoms with Gasteiger partial charge in [0, 0.05) is 87.3 Å². The van der Waals surface area contributed by atoms with Crippen LogP contribution in [0.25, 0.3) is 10.8 Å². The number of hydrogen-bond donors (Lipinski definition) is 7. The van der Waals surface area contributed by atoms with Gasteiger partial charge in [0.1, 0.15) is 23.4 Å². The summed E-state index contributed by atoms with van der Waals surface area (Å²) in [6, 6.07) is 0. The van der Waals surface area contributed by atoms with Gasteiger partial charge in [0.05, 0.1) is 53.0 Å². The molecule has 4 aliphatic heterocycles. The van der Waals surface area contributed by atoms with Crippen molar-refractivity contribution in [2.45, 2.75) is 85.6 Å². The average molecular weight is 809 g/mol. The molecule has 58 heavy (non-hydrogen) atoms. The molecule has 16 heteroatoms. The number of piperazine rings is 1. The number of carbonyl (C=O) groups excluding carboxylic acids is 3. The van der Waals surface area contributed by atoms with Crippen LogP contribution in [0.4, 0.5) is 5.69 Å². The third-order valence-electron chi connectivity index (χ3n) is 11.5. The summed E-state index contributed by atoms with van der Waals surface area (Å²) < 4.78 is 23.6. The molecule has 0 saturated carbocycles. The fourth-order valence-electron chi connectivity index (χ4n) is 7.78. The molecule has 0 aromatic heterocycles. The van der Waals surface area contributed by atoms with Gasteiger partial charge in [0.25, 0.3) is 11.7 Å². The first kappa shape index (κ1) is 44.0. The van der Waals surface area contributed by atoms with E-state index in [1.165, 1.54) is 59.4 Å². The van der Waals surface area contributed by atoms with Crippen molar-refractivity contribution in [3.63, 3.8) is 0 Å². The number of carbonyl (C=O) groups is 3. The number of ketones is 1. The largest absolute Gasteiger partial charge is 0.507 e. The summed E-state index contributed by atoms with van der Waals surface area (Å²) in [5.41, 5.74) is -0.364. The van der Waals surface area contributed by atoms with Crippen molar-refractivity contribution in [3.8, 4) is 23.0 Å². The lowest BCUT2D eigenvalue weighted by Gasteiger charge is -2.38. The Kier molecular flexibility index (Phi) is 13.5. The fourth-order valence-corrected chi connectivity index (χ4v) is 7.78. The second kappa shape index (κ2) is 17.8. The number of phenols is 3. The van der Waals surface area contributed by atoms with Crippen LogP contribution >= 0.6 is 0 Å². The molecule has 1 saturated heterocycles. The molecule has 16 nitrogen and oxygen atoms in total. The molecule has 0 aliphatic carbocycles. The zero-order valence-electron chi connectivity index (χ0n) is 34.4. The lowest BCUT2D eigenvalue weighted by molar-refractivity contribution is -0.160. The molecule has 4 heterocycles. The van der Waals surface area contributed by atoms with Gasteiger partial charge < -0.3 is 55.1 Å². The van der Waals surface area contributed by atoms with Gasteiger partial charge in [-0.25, -0.2) is 0 Å². The molecule has 2 aromatic carbocycles. The highest BCUT2D eigenvalue weighted by molar-refractivity contribution is 6.23. The molecule has 0 unspecified atom stereocenters. The maximum absolute atomic E-state index is 14.4. The molecule has 316 valence electrons. The number of nitrogens with one attached hydrogen (secondary N) is 2. The van der Waals surface area contributed by atoms with E-state index >= 15 is 0 Å². The molecule has 7 N–H and O–H groups in total. The number of aliphatic hydroxyl groups excluding tert-OH is 2. The van der Waals surface area contributed by atoms with E-state index in [2.05, 4.69) is 15.7 Å². The van der Waals surface area contributed by atoms with Gasteiger partial charge >= 0.3 is 11.8 Å². The Morgan fingerprint density at radius 2 is 1.64 bits per heavy atom. The Hall–Kier alpha value is -5.16. The Morgan fingerprint density at radius 1 is 0.966 bits per heavy atom. The zero-order chi connectivity index (χ0) is 42.8. The summed E-state index contributed by atoms with van der Waals surface area (Å²) >= 11 is 0. The van der Waals surface area contributed by atoms with E-state index in [4.69, 9.17) is 18.9 Å². The number of benzene rings is 2. The number of allylic oxidation sites excluding steroid dienone is 2. The lowest BCUT2D eigenvalue weighted by Crippen LogP contribution is -2.46. The average Bonchev–Trinajstić information content (AvgIpc) is 3.46. The van der Waals surface area contributed by atoms with E-state index in [-0.39, 0.29) is 44.5 Å². The minimum atomic E-state index is -2.04. The smallest absolute Gasteiger partial charge is 0.312 e. The van der Waals surface area contributed by atoms with Crippen LogP contribution in [-0.4, -0.2) is 118 Å². The minimum Gasteiger partial charge on any atom is -0.507 e. The number of aromatic hydroxyl groups is 3. The van der Waals surface area contributed by atoms with E-state index in [1.54, 1.807) is 44.9 Å². The number of methoxy groups -OCH3 is 1. The number of anilines is 1. The van der Waals surface area contributed by atoms with Crippen LogP contribution in [-0.2, 0) is 23.8 Å². The molecule has 1 fully saturated rings. The van der Waals surface area contributed by atoms with Crippen molar-refractivity contribution in [3.05, 3.63) is 52.8 Å². The van der Waals surface area contributed by atoms with Gasteiger partial charge in [0.15, 0.2) is 5.75 Å². The molecule has 9 atom stereocenters. The number of aliphatic hydroxyl groups is 2. The number of phenolic OH excluding ortho intramolecular Hbond substituents is 3. The molecule has 4 aliphatic rings. The Labute approximate surface area is 337 Å². The normalized spacial score (nSPS) is 31.5. The topological polar surface area (TPSA) is 229 Å². The highest BCUT2D eigenvalue weighted by Crippen LogP contribution is 2.55. The first-order chi connectivity index (χ1) is 27.3. The quantitative estimate of drug-likeness (QED) is 0.100. The Morgan fingerprint density at radius 3 is 2.28 bits per heavy atom. The maximum atomic E-state index is 14.4. The van der Waals surface area contributed by atoms with Crippen LogP contribution in [0.2, 0.25) is 0 Å². The fraction of sp³-hybridized carbons (Fsp3) is 0.524. The number of ether oxygens (including phenoxy) is 4. The van der Waals surface area contributed by atoms with Crippen molar-refractivity contribution >= 4 is 40.3 Å². The van der Waals surface area contributed by atoms with Crippen LogP contribution in [0.3, 0.4) is 0 Å². The number of rotatable bonds is 4. The van der Waals surface area contributed by atoms with Gasteiger partial charge in [-0.15, -0.1) is 0 Å². The number of amides is 1. The van der Waals surface area contributed by atoms with E-state index in [1.807, 2.05) is 0 Å². The van der Waals surface area contributed by atoms with Gasteiger partial charge in [-0.1, -0.05) is 45.9 Å². The molecule has 0 spiro atoms. The minimum absolute atomic E-state index is 0.0544. The standard InChI is InChI=1S/C42H56N4O12/c1-20-11-10-12-21(2)41(54)45-32-27(19-44-46-16-14-43-15-17-46)36(51)29-30(37(32)52)35(50)25(6)39-31(29)40(53)42(8,58-39)56-18-13-28(55-9)22(3)38(57-26(7)47)24(5)34(49)23(4)33(20)48/h10-13,18-20,22-24,28,33-34,38,43,48-52H,14-17H2,1-9H3,(H,45,54)/b11-10-,18-13?,21-12-,44-19+/t20-,22+,23+,24+,28-,33-,34+,38+,42-/m0/s1. The molecule has 0 radical (unpaired) electrons. The van der Waals surface area contributed by atoms with E-state index < -0.39 is 88.8 Å². The zero-order valence-corrected chi connectivity index (χ0v) is 34.4. The highest BCUT2D eigenvalue weighted by atomic mass is 16.7. The second-order valence-corrected chi connectivity index (χ2v) is 15.6. The Balaban J connectivity index is 1.71. The lowest BCUT2D eigenvalue weighted by atomic mass is 9.78. The van der Waals surface area contributed by atoms with Crippen molar-refractivity contribution in [2.75, 3.05) is 38.6 Å². The maximum Gasteiger partial charge on any atom is 0.312 e. The van der Waals surface area contributed by atoms with Crippen molar-refractivity contribution < 1.29 is 58.9 Å². The summed E-state index contributed by atoms with van der Waals surface area (Å²) in [6.45, 7) is 14.9. The summed E-state index contributed by atoms with van der Waals surface area (Å²) in [7, 11) is 1.44. The number of nitrogens with zero attached hydrogens (tertiary/aromatic N) is 2. The van der Waals surface area contributed by atoms with Crippen molar-refractivity contribution in [2.24, 2.45) is 28.8 Å². The van der Waals surface area contributed by atoms with E-state index in [0.29, 0.717) is 26.2 Å². The molecule has 5 bridgehead atoms. The number of Topliss-reactive ketones (excluding diaryl/α,β-unsaturated/α-hetero) is 1. The van der Waals surface area contributed by atoms with Gasteiger partial charge in [-0.05, 0) is 19.9 Å². The molecule has 1 amide bonds. The predicted molar refractivity (Wildman–Crippen MR) is 216 cm³/mol. The molecule has 2 aromatic rings. The van der Waals surface area contributed by atoms with Gasteiger partial charge in [-0.3, -0.25) is 19.4 Å². The predicted octanol–water partition coefficient (Wildman–Crippen LogP) is 3.99. The van der Waals surface area contributed by atoms with E-state index in [9.17, 15) is 39.9 Å². The van der Waals surface area contributed by atoms with Gasteiger partial charge in [0.2, 0.25) is 0 Å². The van der Waals surface area contributed by atoms with Crippen LogP contribution in [0, 0.1) is 30.6 Å². The van der Waals surface area contributed by atoms with Crippen molar-refractivity contribution in [1.82, 2.24) is 10.3 Å². The number of esters is 1. The molecular formula is C42H56N4O12. The summed E-state index contributed by atoms with van der Waals surface area (Å²) in [6.07, 6.45) is 4.83. The van der Waals surface area contributed by atoms with Crippen LogP contribution < -0.4 is 15.4 Å². The van der Waals surface area contributed by atoms with Crippen LogP contribution in [0.5, 0.6) is 23.0 Å². The summed E-state index contributed by atoms with van der Waals surface area (Å²) in [4.78, 5) is 40.4.